The fourth-order valence-electron chi connectivity index (χ4n) is 4.10. The van der Waals surface area contributed by atoms with Crippen LogP contribution in [-0.2, 0) is 0 Å². The third-order valence-corrected chi connectivity index (χ3v) is 6.44. The Morgan fingerprint density at radius 1 is 0.514 bits per heavy atom. The van der Waals surface area contributed by atoms with Crippen LogP contribution in [0.4, 0.5) is 17.1 Å². The van der Waals surface area contributed by atoms with E-state index in [0.717, 1.165) is 50.7 Å². The molecule has 6 rings (SSSR count). The number of hydrogen-bond acceptors (Lipinski definition) is 4. The highest BCUT2D eigenvalue weighted by Crippen LogP contribution is 2.34. The van der Waals surface area contributed by atoms with Gasteiger partial charge in [0.15, 0.2) is 0 Å². The highest BCUT2D eigenvalue weighted by atomic mass is 32.1. The molecule has 0 aliphatic heterocycles. The topological polar surface area (TPSA) is 29.0 Å². The molecule has 1 aromatic heterocycles. The Bertz CT molecular complexity index is 1590. The van der Waals surface area contributed by atoms with Gasteiger partial charge < -0.3 is 4.90 Å². The van der Waals surface area contributed by atoms with Gasteiger partial charge in [0, 0.05) is 22.6 Å². The number of fused-ring (bicyclic) bond motifs is 1. The molecule has 0 bridgehead atoms. The van der Waals surface area contributed by atoms with Gasteiger partial charge in [-0.15, -0.1) is 0 Å². The molecular weight excluding hydrogens is 470 g/mol. The van der Waals surface area contributed by atoms with Crippen LogP contribution in [0.5, 0.6) is 0 Å². The molecule has 4 heteroatoms. The second-order valence-electron chi connectivity index (χ2n) is 8.35. The molecule has 0 saturated heterocycles. The summed E-state index contributed by atoms with van der Waals surface area (Å²) < 4.78 is 8.97. The van der Waals surface area contributed by atoms with Crippen LogP contribution in [0.3, 0.4) is 0 Å². The summed E-state index contributed by atoms with van der Waals surface area (Å²) in [4.78, 5) is 2.23. The lowest BCUT2D eigenvalue weighted by Crippen LogP contribution is -2.09. The van der Waals surface area contributed by atoms with Crippen LogP contribution in [0, 0.1) is 55.3 Å². The first-order valence-corrected chi connectivity index (χ1v) is 12.6. The van der Waals surface area contributed by atoms with E-state index in [2.05, 4.69) is 110 Å². The SMILES string of the molecule is C(#Cc1ccc(C#Cc2ccc(N(c3ccccc3)c3ccccc3)cc2)c2nsnc12)[C]1[CH][CH][CH][CH]1. The predicted molar refractivity (Wildman–Crippen MR) is 152 cm³/mol. The van der Waals surface area contributed by atoms with Gasteiger partial charge in [-0.1, -0.05) is 60.1 Å². The second kappa shape index (κ2) is 10.7. The molecule has 0 unspecified atom stereocenters. The molecule has 5 aromatic rings. The largest absolute Gasteiger partial charge is 0.311 e. The zero-order valence-corrected chi connectivity index (χ0v) is 20.6. The van der Waals surface area contributed by atoms with Crippen molar-refractivity contribution in [2.45, 2.75) is 0 Å². The highest BCUT2D eigenvalue weighted by molar-refractivity contribution is 7.00. The summed E-state index contributed by atoms with van der Waals surface area (Å²) in [6.45, 7) is 0. The molecule has 5 radical (unpaired) electrons. The van der Waals surface area contributed by atoms with E-state index in [4.69, 9.17) is 0 Å². The van der Waals surface area contributed by atoms with E-state index >= 15 is 0 Å². The first-order valence-electron chi connectivity index (χ1n) is 11.9. The van der Waals surface area contributed by atoms with Crippen molar-refractivity contribution >= 4 is 39.8 Å². The first-order chi connectivity index (χ1) is 18.3. The normalized spacial score (nSPS) is 13.0. The van der Waals surface area contributed by atoms with Gasteiger partial charge in [0.1, 0.15) is 11.0 Å². The number of para-hydroxylation sites is 2. The third-order valence-electron chi connectivity index (χ3n) is 5.92. The van der Waals surface area contributed by atoms with Gasteiger partial charge in [0.2, 0.25) is 0 Å². The van der Waals surface area contributed by atoms with Gasteiger partial charge in [0.25, 0.3) is 0 Å². The Morgan fingerprint density at radius 2 is 1.03 bits per heavy atom. The number of hydrogen-bond donors (Lipinski definition) is 0. The zero-order chi connectivity index (χ0) is 24.9. The van der Waals surface area contributed by atoms with E-state index in [1.54, 1.807) is 0 Å². The summed E-state index contributed by atoms with van der Waals surface area (Å²) in [5, 5.41) is 0. The monoisotopic (exact) mass is 490 g/mol. The van der Waals surface area contributed by atoms with Crippen LogP contribution in [0.2, 0.25) is 0 Å². The molecular formula is C33H20N3S. The molecule has 1 heterocycles. The lowest BCUT2D eigenvalue weighted by molar-refractivity contribution is 1.28. The average molecular weight is 491 g/mol. The maximum atomic E-state index is 4.49. The van der Waals surface area contributed by atoms with Crippen molar-refractivity contribution in [1.82, 2.24) is 8.75 Å². The highest BCUT2D eigenvalue weighted by Gasteiger charge is 2.15. The van der Waals surface area contributed by atoms with E-state index in [1.165, 1.54) is 11.7 Å². The Hall–Kier alpha value is -4.38. The van der Waals surface area contributed by atoms with Crippen molar-refractivity contribution in [2.24, 2.45) is 0 Å². The van der Waals surface area contributed by atoms with Gasteiger partial charge in [-0.3, -0.25) is 0 Å². The van der Waals surface area contributed by atoms with Crippen molar-refractivity contribution < 1.29 is 0 Å². The Kier molecular flexibility index (Phi) is 6.67. The van der Waals surface area contributed by atoms with E-state index < -0.39 is 0 Å². The van der Waals surface area contributed by atoms with Gasteiger partial charge in [-0.25, -0.2) is 0 Å². The maximum Gasteiger partial charge on any atom is 0.121 e. The molecule has 0 N–H and O–H groups in total. The van der Waals surface area contributed by atoms with Crippen LogP contribution in [0.1, 0.15) is 16.7 Å². The lowest BCUT2D eigenvalue weighted by Gasteiger charge is -2.25. The quantitative estimate of drug-likeness (QED) is 0.248. The molecule has 0 amide bonds. The molecule has 4 aromatic carbocycles. The van der Waals surface area contributed by atoms with Crippen molar-refractivity contribution in [3.05, 3.63) is 145 Å². The third kappa shape index (κ3) is 5.12. The van der Waals surface area contributed by atoms with E-state index in [9.17, 15) is 0 Å². The van der Waals surface area contributed by atoms with Crippen molar-refractivity contribution in [3.63, 3.8) is 0 Å². The molecule has 3 nitrogen and oxygen atoms in total. The summed E-state index contributed by atoms with van der Waals surface area (Å²) in [5.41, 5.74) is 7.52. The smallest absolute Gasteiger partial charge is 0.121 e. The molecule has 37 heavy (non-hydrogen) atoms. The van der Waals surface area contributed by atoms with Crippen LogP contribution in [0.25, 0.3) is 11.0 Å². The summed E-state index contributed by atoms with van der Waals surface area (Å²) in [6.07, 6.45) is 7.95. The molecule has 0 spiro atoms. The number of rotatable bonds is 3. The second-order valence-corrected chi connectivity index (χ2v) is 8.88. The molecule has 1 fully saturated rings. The zero-order valence-electron chi connectivity index (χ0n) is 19.8. The Morgan fingerprint density at radius 3 is 1.59 bits per heavy atom. The van der Waals surface area contributed by atoms with Crippen LogP contribution in [-0.4, -0.2) is 8.75 Å². The van der Waals surface area contributed by atoms with E-state index in [0.29, 0.717) is 0 Å². The molecule has 0 atom stereocenters. The minimum atomic E-state index is 0.794. The van der Waals surface area contributed by atoms with Crippen molar-refractivity contribution in [2.75, 3.05) is 4.90 Å². The van der Waals surface area contributed by atoms with Gasteiger partial charge >= 0.3 is 0 Å². The van der Waals surface area contributed by atoms with Crippen LogP contribution >= 0.6 is 11.7 Å². The van der Waals surface area contributed by atoms with Crippen LogP contribution in [0.15, 0.2) is 97.1 Å². The average Bonchev–Trinajstić information content (AvgIpc) is 3.66. The molecule has 1 aliphatic carbocycles. The molecule has 1 saturated carbocycles. The summed E-state index contributed by atoms with van der Waals surface area (Å²) >= 11 is 1.19. The summed E-state index contributed by atoms with van der Waals surface area (Å²) in [7, 11) is 0. The van der Waals surface area contributed by atoms with E-state index in [-0.39, 0.29) is 0 Å². The molecule has 1 aliphatic rings. The van der Waals surface area contributed by atoms with Gasteiger partial charge in [-0.2, -0.15) is 8.75 Å². The predicted octanol–water partition coefficient (Wildman–Crippen LogP) is 7.32. The molecule has 173 valence electrons. The minimum absolute atomic E-state index is 0.794. The van der Waals surface area contributed by atoms with Gasteiger partial charge in [0.05, 0.1) is 28.8 Å². The maximum absolute atomic E-state index is 4.49. The number of benzene rings is 4. The fourth-order valence-corrected chi connectivity index (χ4v) is 4.67. The number of aromatic nitrogens is 2. The minimum Gasteiger partial charge on any atom is -0.311 e. The number of anilines is 3. The standard InChI is InChI=1S/C33H20N3S/c1-3-11-29(12-4-1)36(30-13-5-2-6-14-30)31-23-17-26(18-24-31)16-20-28-22-21-27(32-33(28)35-37-34-32)19-15-25-9-7-8-10-25/h1-14,17-18,21-24H. The van der Waals surface area contributed by atoms with E-state index in [1.807, 2.05) is 49.9 Å². The lowest BCUT2D eigenvalue weighted by atomic mass is 10.1. The Labute approximate surface area is 222 Å². The first kappa shape index (κ1) is 23.0. The van der Waals surface area contributed by atoms with Crippen LogP contribution < -0.4 is 4.90 Å². The Balaban J connectivity index is 1.28. The number of nitrogens with zero attached hydrogens (tertiary/aromatic N) is 3. The fraction of sp³-hybridized carbons (Fsp3) is 0. The van der Waals surface area contributed by atoms with Crippen molar-refractivity contribution in [3.8, 4) is 23.7 Å². The van der Waals surface area contributed by atoms with Crippen molar-refractivity contribution in [1.29, 1.82) is 0 Å². The summed E-state index contributed by atoms with van der Waals surface area (Å²) in [6, 6.07) is 33.0. The van der Waals surface area contributed by atoms with Gasteiger partial charge in [-0.05, 0) is 86.3 Å². The summed E-state index contributed by atoms with van der Waals surface area (Å²) in [5.74, 6) is 14.0.